The minimum absolute atomic E-state index is 0.0123. The monoisotopic (exact) mass is 407 g/mol. The third-order valence-electron chi connectivity index (χ3n) is 9.46. The van der Waals surface area contributed by atoms with E-state index in [1.807, 2.05) is 0 Å². The van der Waals surface area contributed by atoms with E-state index in [-0.39, 0.29) is 29.0 Å². The number of aliphatic hydroxyl groups excluding tert-OH is 1. The van der Waals surface area contributed by atoms with Crippen molar-refractivity contribution in [1.82, 2.24) is 5.32 Å². The second-order valence-electron chi connectivity index (χ2n) is 10.7. The van der Waals surface area contributed by atoms with Crippen LogP contribution in [0.3, 0.4) is 0 Å². The normalized spacial score (nSPS) is 52.6. The first-order chi connectivity index (χ1) is 13.9. The average Bonchev–Trinajstić information content (AvgIpc) is 2.95. The lowest BCUT2D eigenvalue weighted by Crippen LogP contribution is -2.58. The molecule has 0 radical (unpaired) electrons. The molecule has 1 saturated heterocycles. The summed E-state index contributed by atoms with van der Waals surface area (Å²) in [6, 6.07) is 0. The Morgan fingerprint density at radius 3 is 2.52 bits per heavy atom. The van der Waals surface area contributed by atoms with Crippen molar-refractivity contribution in [2.45, 2.75) is 77.2 Å². The third kappa shape index (κ3) is 2.87. The maximum atomic E-state index is 15.3. The second kappa shape index (κ2) is 6.91. The maximum Gasteiger partial charge on any atom is 0.152 e. The van der Waals surface area contributed by atoms with Gasteiger partial charge in [0.2, 0.25) is 0 Å². The van der Waals surface area contributed by atoms with Gasteiger partial charge in [-0.25, -0.2) is 4.39 Å². The van der Waals surface area contributed by atoms with E-state index in [1.165, 1.54) is 0 Å². The maximum absolute atomic E-state index is 15.3. The zero-order valence-electron chi connectivity index (χ0n) is 17.5. The van der Waals surface area contributed by atoms with Crippen LogP contribution < -0.4 is 5.32 Å². The Kier molecular flexibility index (Phi) is 4.70. The molecule has 0 amide bonds. The summed E-state index contributed by atoms with van der Waals surface area (Å²) >= 11 is 0. The zero-order valence-corrected chi connectivity index (χ0v) is 17.5. The predicted molar refractivity (Wildman–Crippen MR) is 108 cm³/mol. The first kappa shape index (κ1) is 19.7. The van der Waals surface area contributed by atoms with E-state index in [4.69, 9.17) is 4.84 Å². The van der Waals surface area contributed by atoms with Gasteiger partial charge in [0.25, 0.3) is 0 Å². The number of aliphatic hydroxyl groups is 1. The van der Waals surface area contributed by atoms with Crippen LogP contribution >= 0.6 is 0 Å². The number of halogens is 1. The molecule has 8 atom stereocenters. The van der Waals surface area contributed by atoms with Gasteiger partial charge in [0.1, 0.15) is 6.17 Å². The van der Waals surface area contributed by atoms with Crippen LogP contribution in [-0.4, -0.2) is 53.2 Å². The van der Waals surface area contributed by atoms with E-state index in [0.29, 0.717) is 36.3 Å². The lowest BCUT2D eigenvalue weighted by atomic mass is 9.44. The van der Waals surface area contributed by atoms with Crippen LogP contribution in [-0.2, 0) is 4.84 Å². The SMILES string of the molecule is C[C@]12CC[C@H]3[C@@H](C/C(=N\O)C4C/C(=N\OC5CNC5)[C@H](F)C[C@@]43C)[C@@H]1CC[C@@H]2O. The molecule has 162 valence electrons. The van der Waals surface area contributed by atoms with Crippen molar-refractivity contribution in [3.8, 4) is 0 Å². The Balaban J connectivity index is 1.43. The quantitative estimate of drug-likeness (QED) is 0.485. The van der Waals surface area contributed by atoms with Gasteiger partial charge in [0, 0.05) is 25.4 Å². The number of fused-ring (bicyclic) bond motifs is 5. The molecule has 7 heteroatoms. The van der Waals surface area contributed by atoms with Gasteiger partial charge in [-0.2, -0.15) is 0 Å². The Bertz CT molecular complexity index is 726. The smallest absolute Gasteiger partial charge is 0.152 e. The number of nitrogens with zero attached hydrogens (tertiary/aromatic N) is 2. The van der Waals surface area contributed by atoms with Gasteiger partial charge >= 0.3 is 0 Å². The highest BCUT2D eigenvalue weighted by Crippen LogP contribution is 2.65. The molecule has 0 aromatic rings. The molecule has 5 aliphatic rings. The number of rotatable bonds is 2. The van der Waals surface area contributed by atoms with Gasteiger partial charge in [-0.05, 0) is 67.1 Å². The number of hydrogen-bond donors (Lipinski definition) is 3. The van der Waals surface area contributed by atoms with E-state index >= 15 is 4.39 Å². The fourth-order valence-electron chi connectivity index (χ4n) is 7.56. The van der Waals surface area contributed by atoms with E-state index in [9.17, 15) is 10.3 Å². The van der Waals surface area contributed by atoms with Gasteiger partial charge in [-0.15, -0.1) is 0 Å². The van der Waals surface area contributed by atoms with Crippen LogP contribution in [0.2, 0.25) is 0 Å². The van der Waals surface area contributed by atoms with Crippen LogP contribution in [0.15, 0.2) is 10.3 Å². The molecule has 6 nitrogen and oxygen atoms in total. The van der Waals surface area contributed by atoms with E-state index < -0.39 is 6.17 Å². The standard InChI is InChI=1S/C22H34FN3O3/c1-21-6-5-15-13(14(21)3-4-20(21)27)7-18(25-28)16-8-19(17(23)9-22(15,16)2)26-29-12-10-24-11-12/h12-17,20,24,27-28H,3-11H2,1-2H3/b25-18+,26-19+/t13-,14-,15-,16?,17+,20-,21-,22+/m0/s1. The van der Waals surface area contributed by atoms with E-state index in [1.54, 1.807) is 0 Å². The number of oxime groups is 2. The fourth-order valence-corrected chi connectivity index (χ4v) is 7.56. The van der Waals surface area contributed by atoms with E-state index in [0.717, 1.165) is 50.9 Å². The molecule has 4 aliphatic carbocycles. The highest BCUT2D eigenvalue weighted by atomic mass is 19.1. The van der Waals surface area contributed by atoms with Crippen molar-refractivity contribution in [2.24, 2.45) is 44.8 Å². The molecule has 0 aromatic heterocycles. The molecular weight excluding hydrogens is 373 g/mol. The molecule has 4 saturated carbocycles. The summed E-state index contributed by atoms with van der Waals surface area (Å²) in [5.41, 5.74) is 0.974. The Labute approximate surface area is 171 Å². The molecule has 5 fully saturated rings. The van der Waals surface area contributed by atoms with Gasteiger partial charge in [-0.1, -0.05) is 24.2 Å². The Morgan fingerprint density at radius 2 is 1.83 bits per heavy atom. The van der Waals surface area contributed by atoms with Crippen LogP contribution in [0.25, 0.3) is 0 Å². The highest BCUT2D eigenvalue weighted by Gasteiger charge is 2.62. The van der Waals surface area contributed by atoms with Crippen molar-refractivity contribution in [3.63, 3.8) is 0 Å². The van der Waals surface area contributed by atoms with Crippen LogP contribution in [0, 0.1) is 34.5 Å². The fraction of sp³-hybridized carbons (Fsp3) is 0.909. The van der Waals surface area contributed by atoms with Crippen LogP contribution in [0.4, 0.5) is 4.39 Å². The largest absolute Gasteiger partial charge is 0.411 e. The minimum Gasteiger partial charge on any atom is -0.411 e. The van der Waals surface area contributed by atoms with Gasteiger partial charge in [0.05, 0.1) is 17.5 Å². The minimum atomic E-state index is -1.11. The molecule has 29 heavy (non-hydrogen) atoms. The lowest BCUT2D eigenvalue weighted by molar-refractivity contribution is -0.0899. The Morgan fingerprint density at radius 1 is 1.07 bits per heavy atom. The summed E-state index contributed by atoms with van der Waals surface area (Å²) < 4.78 is 15.3. The molecule has 0 aromatic carbocycles. The Hall–Kier alpha value is -1.21. The van der Waals surface area contributed by atoms with Gasteiger partial charge < -0.3 is 20.5 Å². The predicted octanol–water partition coefficient (Wildman–Crippen LogP) is 3.12. The number of hydrogen-bond acceptors (Lipinski definition) is 6. The van der Waals surface area contributed by atoms with E-state index in [2.05, 4.69) is 29.5 Å². The lowest BCUT2D eigenvalue weighted by Gasteiger charge is -2.60. The average molecular weight is 408 g/mol. The van der Waals surface area contributed by atoms with Crippen LogP contribution in [0.5, 0.6) is 0 Å². The molecule has 0 bridgehead atoms. The summed E-state index contributed by atoms with van der Waals surface area (Å²) in [6.07, 6.45) is 4.23. The molecule has 3 N–H and O–H groups in total. The topological polar surface area (TPSA) is 86.4 Å². The molecule has 1 heterocycles. The molecule has 1 unspecified atom stereocenters. The molecular formula is C22H34FN3O3. The van der Waals surface area contributed by atoms with Crippen molar-refractivity contribution in [2.75, 3.05) is 13.1 Å². The molecule has 1 aliphatic heterocycles. The van der Waals surface area contributed by atoms with Gasteiger partial charge in [-0.3, -0.25) is 0 Å². The molecule has 0 spiro atoms. The van der Waals surface area contributed by atoms with Gasteiger partial charge in [0.15, 0.2) is 6.10 Å². The number of nitrogens with one attached hydrogen (secondary N) is 1. The second-order valence-corrected chi connectivity index (χ2v) is 10.7. The highest BCUT2D eigenvalue weighted by molar-refractivity contribution is 5.97. The summed E-state index contributed by atoms with van der Waals surface area (Å²) in [6.45, 7) is 5.95. The van der Waals surface area contributed by atoms with Crippen molar-refractivity contribution < 1.29 is 19.5 Å². The van der Waals surface area contributed by atoms with Crippen molar-refractivity contribution >= 4 is 11.4 Å². The first-order valence-corrected chi connectivity index (χ1v) is 11.3. The molecule has 5 rings (SSSR count). The zero-order chi connectivity index (χ0) is 20.4. The summed E-state index contributed by atoms with van der Waals surface area (Å²) in [4.78, 5) is 5.51. The van der Waals surface area contributed by atoms with Crippen molar-refractivity contribution in [3.05, 3.63) is 0 Å². The summed E-state index contributed by atoms with van der Waals surface area (Å²) in [7, 11) is 0. The number of alkyl halides is 1. The third-order valence-corrected chi connectivity index (χ3v) is 9.46. The summed E-state index contributed by atoms with van der Waals surface area (Å²) in [5.74, 6) is 1.20. The summed E-state index contributed by atoms with van der Waals surface area (Å²) in [5, 5.41) is 31.5. The van der Waals surface area contributed by atoms with Crippen molar-refractivity contribution in [1.29, 1.82) is 0 Å². The van der Waals surface area contributed by atoms with Crippen LogP contribution in [0.1, 0.15) is 58.8 Å². The first-order valence-electron chi connectivity index (χ1n) is 11.3.